The first-order valence-electron chi connectivity index (χ1n) is 6.64. The summed E-state index contributed by atoms with van der Waals surface area (Å²) in [5.41, 5.74) is 1.45. The number of quaternary nitrogens is 1. The summed E-state index contributed by atoms with van der Waals surface area (Å²) in [6, 6.07) is 11.7. The second-order valence-electron chi connectivity index (χ2n) is 5.36. The Kier molecular flexibility index (Phi) is 4.00. The van der Waals surface area contributed by atoms with Crippen molar-refractivity contribution in [2.75, 3.05) is 0 Å². The molecular weight excluding hydrogens is 194 g/mol. The SMILES string of the molecule is C[C@@H]1[C@@H](C)CCC[C@H]1[NH2+]Cc1ccccc1. The molecule has 0 amide bonds. The zero-order valence-corrected chi connectivity index (χ0v) is 10.5. The highest BCUT2D eigenvalue weighted by Crippen LogP contribution is 2.27. The quantitative estimate of drug-likeness (QED) is 0.803. The molecule has 16 heavy (non-hydrogen) atoms. The zero-order chi connectivity index (χ0) is 11.4. The molecule has 2 rings (SSSR count). The van der Waals surface area contributed by atoms with Crippen LogP contribution < -0.4 is 5.32 Å². The van der Waals surface area contributed by atoms with E-state index in [0.717, 1.165) is 24.4 Å². The van der Waals surface area contributed by atoms with Crippen LogP contribution in [0.25, 0.3) is 0 Å². The third-order valence-electron chi connectivity index (χ3n) is 4.27. The number of rotatable bonds is 3. The summed E-state index contributed by atoms with van der Waals surface area (Å²) in [5.74, 6) is 1.78. The first-order valence-corrected chi connectivity index (χ1v) is 6.64. The fraction of sp³-hybridized carbons (Fsp3) is 0.600. The van der Waals surface area contributed by atoms with Crippen molar-refractivity contribution in [1.29, 1.82) is 0 Å². The van der Waals surface area contributed by atoms with Gasteiger partial charge in [0.1, 0.15) is 6.54 Å². The van der Waals surface area contributed by atoms with Gasteiger partial charge in [0, 0.05) is 11.5 Å². The molecule has 1 aromatic carbocycles. The minimum atomic E-state index is 0.837. The summed E-state index contributed by atoms with van der Waals surface area (Å²) in [6.07, 6.45) is 4.25. The van der Waals surface area contributed by atoms with E-state index in [1.165, 1.54) is 24.8 Å². The highest BCUT2D eigenvalue weighted by atomic mass is 14.9. The second-order valence-corrected chi connectivity index (χ2v) is 5.36. The molecule has 0 spiro atoms. The molecule has 0 unspecified atom stereocenters. The zero-order valence-electron chi connectivity index (χ0n) is 10.5. The Morgan fingerprint density at radius 2 is 1.88 bits per heavy atom. The van der Waals surface area contributed by atoms with E-state index in [1.807, 2.05) is 0 Å². The normalized spacial score (nSPS) is 30.2. The standard InChI is InChI=1S/C15H23N/c1-12-7-6-10-15(13(12)2)16-11-14-8-4-3-5-9-14/h3-5,8-9,12-13,15-16H,6-7,10-11H2,1-2H3/p+1/t12-,13+,15+/m0/s1. The Morgan fingerprint density at radius 3 is 2.62 bits per heavy atom. The highest BCUT2D eigenvalue weighted by molar-refractivity contribution is 5.13. The minimum Gasteiger partial charge on any atom is -0.340 e. The van der Waals surface area contributed by atoms with Gasteiger partial charge in [-0.3, -0.25) is 0 Å². The van der Waals surface area contributed by atoms with Crippen LogP contribution in [0, 0.1) is 11.8 Å². The molecule has 1 heteroatoms. The molecule has 1 nitrogen and oxygen atoms in total. The Bertz CT molecular complexity index is 306. The fourth-order valence-corrected chi connectivity index (χ4v) is 2.86. The van der Waals surface area contributed by atoms with Crippen molar-refractivity contribution in [3.63, 3.8) is 0 Å². The van der Waals surface area contributed by atoms with E-state index in [9.17, 15) is 0 Å². The van der Waals surface area contributed by atoms with Crippen LogP contribution in [0.3, 0.4) is 0 Å². The lowest BCUT2D eigenvalue weighted by molar-refractivity contribution is -0.713. The van der Waals surface area contributed by atoms with Gasteiger partial charge in [0.15, 0.2) is 0 Å². The largest absolute Gasteiger partial charge is 0.340 e. The van der Waals surface area contributed by atoms with Gasteiger partial charge in [-0.25, -0.2) is 0 Å². The third-order valence-corrected chi connectivity index (χ3v) is 4.27. The van der Waals surface area contributed by atoms with E-state index in [2.05, 4.69) is 49.5 Å². The van der Waals surface area contributed by atoms with Gasteiger partial charge in [-0.05, 0) is 25.2 Å². The molecule has 0 heterocycles. The number of nitrogens with two attached hydrogens (primary N) is 1. The van der Waals surface area contributed by atoms with Crippen molar-refractivity contribution >= 4 is 0 Å². The Hall–Kier alpha value is -0.820. The van der Waals surface area contributed by atoms with Crippen LogP contribution in [0.5, 0.6) is 0 Å². The lowest BCUT2D eigenvalue weighted by Gasteiger charge is -2.32. The molecule has 0 radical (unpaired) electrons. The van der Waals surface area contributed by atoms with Crippen molar-refractivity contribution in [1.82, 2.24) is 0 Å². The maximum Gasteiger partial charge on any atom is 0.101 e. The molecule has 0 aromatic heterocycles. The van der Waals surface area contributed by atoms with Gasteiger partial charge in [-0.15, -0.1) is 0 Å². The van der Waals surface area contributed by atoms with E-state index in [4.69, 9.17) is 0 Å². The van der Waals surface area contributed by atoms with Crippen molar-refractivity contribution in [2.45, 2.75) is 45.7 Å². The molecule has 1 saturated carbocycles. The molecule has 1 aliphatic rings. The average Bonchev–Trinajstić information content (AvgIpc) is 2.32. The Labute approximate surface area is 99.3 Å². The van der Waals surface area contributed by atoms with Crippen LogP contribution in [-0.4, -0.2) is 6.04 Å². The molecule has 88 valence electrons. The first kappa shape index (κ1) is 11.7. The van der Waals surface area contributed by atoms with Crippen LogP contribution in [0.15, 0.2) is 30.3 Å². The van der Waals surface area contributed by atoms with Gasteiger partial charge in [0.05, 0.1) is 6.04 Å². The topological polar surface area (TPSA) is 16.6 Å². The van der Waals surface area contributed by atoms with Crippen LogP contribution in [0.4, 0.5) is 0 Å². The molecular formula is C15H24N+. The van der Waals surface area contributed by atoms with Crippen LogP contribution in [0.2, 0.25) is 0 Å². The summed E-state index contributed by atoms with van der Waals surface area (Å²) >= 11 is 0. The lowest BCUT2D eigenvalue weighted by atomic mass is 9.78. The fourth-order valence-electron chi connectivity index (χ4n) is 2.86. The maximum atomic E-state index is 2.55. The second kappa shape index (κ2) is 5.49. The molecule has 2 N–H and O–H groups in total. The van der Waals surface area contributed by atoms with Gasteiger partial charge < -0.3 is 5.32 Å². The van der Waals surface area contributed by atoms with E-state index in [0.29, 0.717) is 0 Å². The van der Waals surface area contributed by atoms with E-state index < -0.39 is 0 Å². The summed E-state index contributed by atoms with van der Waals surface area (Å²) in [5, 5.41) is 2.55. The number of hydrogen-bond acceptors (Lipinski definition) is 0. The first-order chi connectivity index (χ1) is 7.77. The Morgan fingerprint density at radius 1 is 1.12 bits per heavy atom. The van der Waals surface area contributed by atoms with Crippen molar-refractivity contribution < 1.29 is 5.32 Å². The monoisotopic (exact) mass is 218 g/mol. The van der Waals surface area contributed by atoms with Gasteiger partial charge in [0.25, 0.3) is 0 Å². The van der Waals surface area contributed by atoms with Crippen molar-refractivity contribution in [3.05, 3.63) is 35.9 Å². The van der Waals surface area contributed by atoms with Crippen LogP contribution in [-0.2, 0) is 6.54 Å². The molecule has 3 atom stereocenters. The van der Waals surface area contributed by atoms with Gasteiger partial charge in [-0.1, -0.05) is 44.2 Å². The summed E-state index contributed by atoms with van der Waals surface area (Å²) < 4.78 is 0. The minimum absolute atomic E-state index is 0.837. The van der Waals surface area contributed by atoms with E-state index in [1.54, 1.807) is 0 Å². The molecule has 0 bridgehead atoms. The number of benzene rings is 1. The molecule has 1 aromatic rings. The predicted octanol–water partition coefficient (Wildman–Crippen LogP) is 2.57. The molecule has 0 saturated heterocycles. The van der Waals surface area contributed by atoms with Gasteiger partial charge in [0.2, 0.25) is 0 Å². The summed E-state index contributed by atoms with van der Waals surface area (Å²) in [7, 11) is 0. The summed E-state index contributed by atoms with van der Waals surface area (Å²) in [4.78, 5) is 0. The lowest BCUT2D eigenvalue weighted by Crippen LogP contribution is -2.90. The van der Waals surface area contributed by atoms with Crippen LogP contribution >= 0.6 is 0 Å². The average molecular weight is 218 g/mol. The van der Waals surface area contributed by atoms with E-state index >= 15 is 0 Å². The predicted molar refractivity (Wildman–Crippen MR) is 68.0 cm³/mol. The van der Waals surface area contributed by atoms with Gasteiger partial charge in [-0.2, -0.15) is 0 Å². The third kappa shape index (κ3) is 2.85. The summed E-state index contributed by atoms with van der Waals surface area (Å²) in [6.45, 7) is 5.98. The smallest absolute Gasteiger partial charge is 0.101 e. The van der Waals surface area contributed by atoms with Crippen LogP contribution in [0.1, 0.15) is 38.7 Å². The van der Waals surface area contributed by atoms with E-state index in [-0.39, 0.29) is 0 Å². The molecule has 1 fully saturated rings. The highest BCUT2D eigenvalue weighted by Gasteiger charge is 2.29. The molecule has 1 aliphatic carbocycles. The van der Waals surface area contributed by atoms with Gasteiger partial charge >= 0.3 is 0 Å². The van der Waals surface area contributed by atoms with Crippen molar-refractivity contribution in [3.8, 4) is 0 Å². The van der Waals surface area contributed by atoms with Crippen molar-refractivity contribution in [2.24, 2.45) is 11.8 Å². The maximum absolute atomic E-state index is 2.55. The Balaban J connectivity index is 1.85. The molecule has 0 aliphatic heterocycles. The number of hydrogen-bond donors (Lipinski definition) is 1.